The van der Waals surface area contributed by atoms with E-state index >= 15 is 0 Å². The van der Waals surface area contributed by atoms with E-state index in [4.69, 9.17) is 10.5 Å². The number of hydrogen-bond acceptors (Lipinski definition) is 3. The molecule has 0 amide bonds. The van der Waals surface area contributed by atoms with Gasteiger partial charge < -0.3 is 10.5 Å². The van der Waals surface area contributed by atoms with Gasteiger partial charge in [0, 0.05) is 11.6 Å². The number of nitrogens with two attached hydrogens (primary N) is 1. The van der Waals surface area contributed by atoms with Crippen LogP contribution in [0.15, 0.2) is 24.3 Å². The highest BCUT2D eigenvalue weighted by atomic mass is 16.6. The number of carbonyl (C=O) groups is 1. The van der Waals surface area contributed by atoms with Crippen molar-refractivity contribution in [3.05, 3.63) is 35.4 Å². The molecule has 0 atom stereocenters. The number of fused-ring (bicyclic) bond motifs is 2. The molecule has 1 aromatic carbocycles. The van der Waals surface area contributed by atoms with E-state index < -0.39 is 0 Å². The van der Waals surface area contributed by atoms with E-state index in [-0.39, 0.29) is 17.6 Å². The van der Waals surface area contributed by atoms with Crippen molar-refractivity contribution in [3.8, 4) is 0 Å². The molecule has 84 valence electrons. The van der Waals surface area contributed by atoms with Crippen LogP contribution in [0.4, 0.5) is 0 Å². The monoisotopic (exact) mass is 217 g/mol. The highest BCUT2D eigenvalue weighted by Gasteiger charge is 2.46. The average molecular weight is 217 g/mol. The Morgan fingerprint density at radius 1 is 1.25 bits per heavy atom. The second kappa shape index (κ2) is 3.32. The first-order valence-electron chi connectivity index (χ1n) is 5.80. The minimum Gasteiger partial charge on any atom is -0.451 e. The summed E-state index contributed by atoms with van der Waals surface area (Å²) in [6.07, 6.45) is 3.58. The van der Waals surface area contributed by atoms with Crippen LogP contribution in [0, 0.1) is 0 Å². The minimum absolute atomic E-state index is 0.175. The molecule has 1 fully saturated rings. The lowest BCUT2D eigenvalue weighted by atomic mass is 9.78. The Morgan fingerprint density at radius 3 is 2.69 bits per heavy atom. The van der Waals surface area contributed by atoms with Gasteiger partial charge in [-0.25, -0.2) is 4.79 Å². The molecule has 16 heavy (non-hydrogen) atoms. The van der Waals surface area contributed by atoms with E-state index in [0.29, 0.717) is 0 Å². The van der Waals surface area contributed by atoms with Crippen molar-refractivity contribution in [1.82, 2.24) is 0 Å². The van der Waals surface area contributed by atoms with Crippen molar-refractivity contribution in [2.24, 2.45) is 5.73 Å². The molecular weight excluding hydrogens is 202 g/mol. The first kappa shape index (κ1) is 9.85. The quantitative estimate of drug-likeness (QED) is 0.676. The number of esters is 1. The smallest absolute Gasteiger partial charge is 0.339 e. The number of benzene rings is 1. The molecule has 0 radical (unpaired) electrons. The number of rotatable bonds is 0. The number of ether oxygens (including phenoxy) is 1. The fraction of sp³-hybridized carbons (Fsp3) is 0.462. The van der Waals surface area contributed by atoms with Crippen LogP contribution in [0.3, 0.4) is 0 Å². The third-order valence-electron chi connectivity index (χ3n) is 3.76. The number of hydrogen-bond donors (Lipinski definition) is 1. The predicted molar refractivity (Wildman–Crippen MR) is 60.0 cm³/mol. The fourth-order valence-electron chi connectivity index (χ4n) is 2.82. The van der Waals surface area contributed by atoms with Crippen LogP contribution in [0.5, 0.6) is 0 Å². The first-order valence-corrected chi connectivity index (χ1v) is 5.80. The number of carbonyl (C=O) groups excluding carboxylic acids is 1. The van der Waals surface area contributed by atoms with Gasteiger partial charge in [-0.1, -0.05) is 18.2 Å². The Balaban J connectivity index is 2.02. The SMILES string of the molecule is NC1CCC2(CC1)OC(=O)c1ccccc12. The van der Waals surface area contributed by atoms with Crippen molar-refractivity contribution in [1.29, 1.82) is 0 Å². The molecule has 3 nitrogen and oxygen atoms in total. The third-order valence-corrected chi connectivity index (χ3v) is 3.76. The Kier molecular flexibility index (Phi) is 2.04. The van der Waals surface area contributed by atoms with Crippen molar-refractivity contribution in [2.45, 2.75) is 37.3 Å². The van der Waals surface area contributed by atoms with Crippen LogP contribution < -0.4 is 5.73 Å². The summed E-state index contributed by atoms with van der Waals surface area (Å²) in [5, 5.41) is 0. The molecule has 2 N–H and O–H groups in total. The molecule has 0 unspecified atom stereocenters. The third kappa shape index (κ3) is 1.28. The maximum Gasteiger partial charge on any atom is 0.339 e. The van der Waals surface area contributed by atoms with Crippen molar-refractivity contribution >= 4 is 5.97 Å². The lowest BCUT2D eigenvalue weighted by Crippen LogP contribution is -2.37. The summed E-state index contributed by atoms with van der Waals surface area (Å²) in [5.41, 5.74) is 7.32. The molecule has 1 heterocycles. The molecule has 1 saturated carbocycles. The Labute approximate surface area is 94.6 Å². The standard InChI is InChI=1S/C13H15NO2/c14-9-5-7-13(8-6-9)11-4-2-1-3-10(11)12(15)16-13/h1-4,9H,5-8,14H2. The van der Waals surface area contributed by atoms with E-state index in [0.717, 1.165) is 36.8 Å². The second-order valence-corrected chi connectivity index (χ2v) is 4.77. The molecule has 1 aliphatic heterocycles. The normalized spacial score (nSPS) is 32.6. The molecule has 0 saturated heterocycles. The predicted octanol–water partition coefficient (Wildman–Crippen LogP) is 1.95. The van der Waals surface area contributed by atoms with Gasteiger partial charge in [0.25, 0.3) is 0 Å². The van der Waals surface area contributed by atoms with E-state index in [9.17, 15) is 4.79 Å². The maximum absolute atomic E-state index is 11.8. The van der Waals surface area contributed by atoms with Crippen LogP contribution >= 0.6 is 0 Å². The lowest BCUT2D eigenvalue weighted by molar-refractivity contribution is -0.0305. The van der Waals surface area contributed by atoms with Crippen LogP contribution in [-0.2, 0) is 10.3 Å². The molecule has 3 rings (SSSR count). The minimum atomic E-state index is -0.371. The van der Waals surface area contributed by atoms with Gasteiger partial charge in [-0.05, 0) is 31.7 Å². The van der Waals surface area contributed by atoms with Gasteiger partial charge in [0.05, 0.1) is 5.56 Å². The molecule has 1 aliphatic carbocycles. The van der Waals surface area contributed by atoms with Gasteiger partial charge in [0.2, 0.25) is 0 Å². The van der Waals surface area contributed by atoms with Crippen LogP contribution in [-0.4, -0.2) is 12.0 Å². The molecule has 0 aromatic heterocycles. The zero-order valence-corrected chi connectivity index (χ0v) is 9.11. The summed E-state index contributed by atoms with van der Waals surface area (Å²) in [6, 6.07) is 7.97. The van der Waals surface area contributed by atoms with Gasteiger partial charge in [0.1, 0.15) is 5.60 Å². The van der Waals surface area contributed by atoms with E-state index in [1.807, 2.05) is 24.3 Å². The van der Waals surface area contributed by atoms with Gasteiger partial charge in [0.15, 0.2) is 0 Å². The zero-order chi connectivity index (χ0) is 11.2. The molecule has 3 heteroatoms. The van der Waals surface area contributed by atoms with E-state index in [2.05, 4.69) is 0 Å². The van der Waals surface area contributed by atoms with Crippen molar-refractivity contribution in [3.63, 3.8) is 0 Å². The molecular formula is C13H15NO2. The summed E-state index contributed by atoms with van der Waals surface area (Å²) in [7, 11) is 0. The molecule has 1 spiro atoms. The Morgan fingerprint density at radius 2 is 1.94 bits per heavy atom. The van der Waals surface area contributed by atoms with Crippen molar-refractivity contribution < 1.29 is 9.53 Å². The second-order valence-electron chi connectivity index (χ2n) is 4.77. The van der Waals surface area contributed by atoms with E-state index in [1.54, 1.807) is 0 Å². The first-order chi connectivity index (χ1) is 7.71. The summed E-state index contributed by atoms with van der Waals surface area (Å²) in [5.74, 6) is -0.175. The van der Waals surface area contributed by atoms with Gasteiger partial charge in [-0.15, -0.1) is 0 Å². The Bertz CT molecular complexity index is 433. The van der Waals surface area contributed by atoms with Crippen LogP contribution in [0.2, 0.25) is 0 Å². The maximum atomic E-state index is 11.8. The average Bonchev–Trinajstić information content (AvgIpc) is 2.58. The fourth-order valence-corrected chi connectivity index (χ4v) is 2.82. The summed E-state index contributed by atoms with van der Waals surface area (Å²) < 4.78 is 5.61. The van der Waals surface area contributed by atoms with Crippen molar-refractivity contribution in [2.75, 3.05) is 0 Å². The van der Waals surface area contributed by atoms with Gasteiger partial charge in [-0.3, -0.25) is 0 Å². The largest absolute Gasteiger partial charge is 0.451 e. The highest BCUT2D eigenvalue weighted by molar-refractivity contribution is 5.94. The topological polar surface area (TPSA) is 52.3 Å². The zero-order valence-electron chi connectivity index (χ0n) is 9.11. The van der Waals surface area contributed by atoms with E-state index in [1.165, 1.54) is 0 Å². The Hall–Kier alpha value is -1.35. The molecule has 0 bridgehead atoms. The lowest BCUT2D eigenvalue weighted by Gasteiger charge is -2.35. The summed E-state index contributed by atoms with van der Waals surface area (Å²) in [4.78, 5) is 11.8. The summed E-state index contributed by atoms with van der Waals surface area (Å²) in [6.45, 7) is 0. The van der Waals surface area contributed by atoms with Crippen LogP contribution in [0.1, 0.15) is 41.6 Å². The molecule has 2 aliphatic rings. The van der Waals surface area contributed by atoms with Gasteiger partial charge in [-0.2, -0.15) is 0 Å². The summed E-state index contributed by atoms with van der Waals surface area (Å²) >= 11 is 0. The highest BCUT2D eigenvalue weighted by Crippen LogP contribution is 2.46. The van der Waals surface area contributed by atoms with Crippen LogP contribution in [0.25, 0.3) is 0 Å². The molecule has 1 aromatic rings. The van der Waals surface area contributed by atoms with Gasteiger partial charge >= 0.3 is 5.97 Å².